The molecule has 0 spiro atoms. The van der Waals surface area contributed by atoms with Gasteiger partial charge in [-0.15, -0.1) is 0 Å². The first-order valence-electron chi connectivity index (χ1n) is 4.64. The molecule has 3 heteroatoms. The van der Waals surface area contributed by atoms with E-state index < -0.39 is 0 Å². The lowest BCUT2D eigenvalue weighted by Crippen LogP contribution is -2.32. The molecular weight excluding hydrogens is 152 g/mol. The number of amides is 1. The second kappa shape index (κ2) is 7.10. The predicted octanol–water partition coefficient (Wildman–Crippen LogP) is 0.901. The summed E-state index contributed by atoms with van der Waals surface area (Å²) in [5, 5.41) is 5.93. The van der Waals surface area contributed by atoms with Gasteiger partial charge in [-0.2, -0.15) is 0 Å². The van der Waals surface area contributed by atoms with Crippen LogP contribution >= 0.6 is 0 Å². The molecule has 2 N–H and O–H groups in total. The van der Waals surface area contributed by atoms with Crippen molar-refractivity contribution in [3.05, 3.63) is 0 Å². The summed E-state index contributed by atoms with van der Waals surface area (Å²) in [7, 11) is 1.90. The van der Waals surface area contributed by atoms with Gasteiger partial charge >= 0.3 is 0 Å². The molecule has 1 atom stereocenters. The highest BCUT2D eigenvalue weighted by atomic mass is 16.1. The van der Waals surface area contributed by atoms with Crippen molar-refractivity contribution in [3.8, 4) is 0 Å². The van der Waals surface area contributed by atoms with Crippen molar-refractivity contribution in [1.82, 2.24) is 10.6 Å². The molecule has 1 amide bonds. The van der Waals surface area contributed by atoms with Gasteiger partial charge in [-0.3, -0.25) is 4.79 Å². The molecule has 3 nitrogen and oxygen atoms in total. The van der Waals surface area contributed by atoms with E-state index in [1.165, 1.54) is 0 Å². The maximum Gasteiger partial charge on any atom is 0.220 e. The van der Waals surface area contributed by atoms with Crippen molar-refractivity contribution in [2.75, 3.05) is 13.6 Å². The summed E-state index contributed by atoms with van der Waals surface area (Å²) in [5.41, 5.74) is 0. The van der Waals surface area contributed by atoms with Crippen LogP contribution in [-0.2, 0) is 4.79 Å². The van der Waals surface area contributed by atoms with Crippen LogP contribution in [0.1, 0.15) is 33.1 Å². The first-order valence-corrected chi connectivity index (χ1v) is 4.64. The van der Waals surface area contributed by atoms with Crippen molar-refractivity contribution in [3.63, 3.8) is 0 Å². The third-order valence-corrected chi connectivity index (χ3v) is 1.85. The van der Waals surface area contributed by atoms with E-state index in [1.807, 2.05) is 14.0 Å². The molecule has 0 aromatic rings. The Bertz CT molecular complexity index is 126. The third kappa shape index (κ3) is 6.16. The first-order chi connectivity index (χ1) is 5.70. The molecule has 12 heavy (non-hydrogen) atoms. The second-order valence-corrected chi connectivity index (χ2v) is 3.08. The molecule has 0 radical (unpaired) electrons. The van der Waals surface area contributed by atoms with E-state index in [4.69, 9.17) is 0 Å². The van der Waals surface area contributed by atoms with Crippen molar-refractivity contribution in [2.24, 2.45) is 0 Å². The Hall–Kier alpha value is -0.570. The summed E-state index contributed by atoms with van der Waals surface area (Å²) >= 11 is 0. The van der Waals surface area contributed by atoms with Crippen molar-refractivity contribution < 1.29 is 4.79 Å². The van der Waals surface area contributed by atoms with Crippen LogP contribution in [-0.4, -0.2) is 25.5 Å². The minimum Gasteiger partial charge on any atom is -0.354 e. The molecule has 0 aromatic carbocycles. The molecule has 0 aliphatic rings. The Kier molecular flexibility index (Phi) is 6.76. The number of carbonyl (C=O) groups is 1. The predicted molar refractivity (Wildman–Crippen MR) is 51.1 cm³/mol. The summed E-state index contributed by atoms with van der Waals surface area (Å²) < 4.78 is 0. The molecule has 0 bridgehead atoms. The van der Waals surface area contributed by atoms with Crippen LogP contribution in [0.5, 0.6) is 0 Å². The molecule has 0 fully saturated rings. The van der Waals surface area contributed by atoms with Crippen LogP contribution in [0.2, 0.25) is 0 Å². The fourth-order valence-electron chi connectivity index (χ4n) is 0.875. The van der Waals surface area contributed by atoms with E-state index in [1.54, 1.807) is 0 Å². The van der Waals surface area contributed by atoms with Gasteiger partial charge in [0.15, 0.2) is 0 Å². The molecule has 0 aliphatic heterocycles. The average molecular weight is 172 g/mol. The molecule has 0 rings (SSSR count). The zero-order chi connectivity index (χ0) is 9.40. The highest BCUT2D eigenvalue weighted by Crippen LogP contribution is 1.91. The molecule has 0 saturated heterocycles. The smallest absolute Gasteiger partial charge is 0.220 e. The van der Waals surface area contributed by atoms with Crippen molar-refractivity contribution in [2.45, 2.75) is 39.2 Å². The Morgan fingerprint density at radius 2 is 2.17 bits per heavy atom. The third-order valence-electron chi connectivity index (χ3n) is 1.85. The normalized spacial score (nSPS) is 12.6. The fraction of sp³-hybridized carbons (Fsp3) is 0.889. The van der Waals surface area contributed by atoms with E-state index in [0.717, 1.165) is 19.4 Å². The van der Waals surface area contributed by atoms with Gasteiger partial charge in [0.2, 0.25) is 5.91 Å². The van der Waals surface area contributed by atoms with Crippen LogP contribution in [0.3, 0.4) is 0 Å². The topological polar surface area (TPSA) is 41.1 Å². The number of hydrogen-bond donors (Lipinski definition) is 2. The van der Waals surface area contributed by atoms with Crippen LogP contribution in [0.25, 0.3) is 0 Å². The van der Waals surface area contributed by atoms with Gasteiger partial charge in [0.1, 0.15) is 0 Å². The molecule has 72 valence electrons. The zero-order valence-electron chi connectivity index (χ0n) is 8.31. The SMILES string of the molecule is CCC(C)NC(=O)CCCNC. The number of hydrogen-bond acceptors (Lipinski definition) is 2. The lowest BCUT2D eigenvalue weighted by atomic mass is 10.2. The van der Waals surface area contributed by atoms with Gasteiger partial charge in [0.25, 0.3) is 0 Å². The molecule has 0 aromatic heterocycles. The number of carbonyl (C=O) groups excluding carboxylic acids is 1. The lowest BCUT2D eigenvalue weighted by molar-refractivity contribution is -0.121. The first kappa shape index (κ1) is 11.4. The zero-order valence-corrected chi connectivity index (χ0v) is 8.31. The summed E-state index contributed by atoms with van der Waals surface area (Å²) in [6.45, 7) is 5.00. The lowest BCUT2D eigenvalue weighted by Gasteiger charge is -2.10. The van der Waals surface area contributed by atoms with E-state index >= 15 is 0 Å². The van der Waals surface area contributed by atoms with Gasteiger partial charge in [0.05, 0.1) is 0 Å². The molecule has 0 aliphatic carbocycles. The van der Waals surface area contributed by atoms with Crippen LogP contribution in [0, 0.1) is 0 Å². The Labute approximate surface area is 74.9 Å². The van der Waals surface area contributed by atoms with E-state index in [0.29, 0.717) is 12.5 Å². The molecule has 0 saturated carbocycles. The average Bonchev–Trinajstić information content (AvgIpc) is 2.05. The quantitative estimate of drug-likeness (QED) is 0.584. The minimum atomic E-state index is 0.166. The van der Waals surface area contributed by atoms with E-state index in [-0.39, 0.29) is 5.91 Å². The van der Waals surface area contributed by atoms with Gasteiger partial charge in [-0.25, -0.2) is 0 Å². The summed E-state index contributed by atoms with van der Waals surface area (Å²) in [5.74, 6) is 0.166. The van der Waals surface area contributed by atoms with Gasteiger partial charge in [0, 0.05) is 12.5 Å². The maximum atomic E-state index is 11.1. The summed E-state index contributed by atoms with van der Waals surface area (Å²) in [6.07, 6.45) is 2.54. The Morgan fingerprint density at radius 1 is 1.50 bits per heavy atom. The van der Waals surface area contributed by atoms with Crippen LogP contribution in [0.15, 0.2) is 0 Å². The van der Waals surface area contributed by atoms with E-state index in [9.17, 15) is 4.79 Å². The highest BCUT2D eigenvalue weighted by Gasteiger charge is 2.03. The minimum absolute atomic E-state index is 0.166. The summed E-state index contributed by atoms with van der Waals surface area (Å²) in [4.78, 5) is 11.1. The van der Waals surface area contributed by atoms with Gasteiger partial charge in [-0.1, -0.05) is 6.92 Å². The van der Waals surface area contributed by atoms with Crippen LogP contribution < -0.4 is 10.6 Å². The largest absolute Gasteiger partial charge is 0.354 e. The fourth-order valence-corrected chi connectivity index (χ4v) is 0.875. The second-order valence-electron chi connectivity index (χ2n) is 3.08. The van der Waals surface area contributed by atoms with Gasteiger partial charge in [-0.05, 0) is 33.4 Å². The molecule has 1 unspecified atom stereocenters. The van der Waals surface area contributed by atoms with E-state index in [2.05, 4.69) is 17.6 Å². The molecule has 0 heterocycles. The maximum absolute atomic E-state index is 11.1. The van der Waals surface area contributed by atoms with Gasteiger partial charge < -0.3 is 10.6 Å². The Balaban J connectivity index is 3.33. The number of nitrogens with one attached hydrogen (secondary N) is 2. The standard InChI is InChI=1S/C9H20N2O/c1-4-8(2)11-9(12)6-5-7-10-3/h8,10H,4-7H2,1-3H3,(H,11,12). The molecular formula is C9H20N2O. The Morgan fingerprint density at radius 3 is 2.67 bits per heavy atom. The highest BCUT2D eigenvalue weighted by molar-refractivity contribution is 5.76. The van der Waals surface area contributed by atoms with Crippen molar-refractivity contribution in [1.29, 1.82) is 0 Å². The summed E-state index contributed by atoms with van der Waals surface area (Å²) in [6, 6.07) is 0.312. The van der Waals surface area contributed by atoms with Crippen molar-refractivity contribution >= 4 is 5.91 Å². The monoisotopic (exact) mass is 172 g/mol. The number of rotatable bonds is 6. The van der Waals surface area contributed by atoms with Crippen LogP contribution in [0.4, 0.5) is 0 Å².